The van der Waals surface area contributed by atoms with E-state index < -0.39 is 0 Å². The number of halogens is 1. The minimum Gasteiger partial charge on any atom is -0.342 e. The largest absolute Gasteiger partial charge is 0.342 e. The summed E-state index contributed by atoms with van der Waals surface area (Å²) in [5.74, 6) is -0.0552. The van der Waals surface area contributed by atoms with Gasteiger partial charge in [0.05, 0.1) is 0 Å². The van der Waals surface area contributed by atoms with Gasteiger partial charge < -0.3 is 9.88 Å². The first kappa shape index (κ1) is 13.7. The van der Waals surface area contributed by atoms with Gasteiger partial charge in [0.2, 0.25) is 5.91 Å². The molecule has 0 saturated heterocycles. The van der Waals surface area contributed by atoms with Crippen LogP contribution in [0.25, 0.3) is 0 Å². The first-order valence-electron chi connectivity index (χ1n) is 6.15. The molecule has 0 spiro atoms. The molecule has 0 atom stereocenters. The number of rotatable bonds is 3. The Morgan fingerprint density at radius 2 is 2.05 bits per heavy atom. The fraction of sp³-hybridized carbons (Fsp3) is 0.267. The highest BCUT2D eigenvalue weighted by atomic mass is 35.5. The quantitative estimate of drug-likeness (QED) is 0.911. The van der Waals surface area contributed by atoms with E-state index in [1.165, 1.54) is 11.1 Å². The summed E-state index contributed by atoms with van der Waals surface area (Å²) in [6.07, 6.45) is 2.00. The van der Waals surface area contributed by atoms with E-state index in [0.717, 1.165) is 11.4 Å². The summed E-state index contributed by atoms with van der Waals surface area (Å²) in [6, 6.07) is 7.15. The summed E-state index contributed by atoms with van der Waals surface area (Å²) < 4.78 is 1.96. The lowest BCUT2D eigenvalue weighted by Crippen LogP contribution is -2.19. The van der Waals surface area contributed by atoms with Gasteiger partial charge in [0.15, 0.2) is 0 Å². The smallest absolute Gasteiger partial charge is 0.244 e. The highest BCUT2D eigenvalue weighted by molar-refractivity contribution is 6.30. The average Bonchev–Trinajstić information content (AvgIpc) is 2.57. The molecular formula is C15H17ClN2O. The molecule has 100 valence electrons. The minimum atomic E-state index is -0.0552. The van der Waals surface area contributed by atoms with Gasteiger partial charge in [0.1, 0.15) is 6.54 Å². The second-order valence-corrected chi connectivity index (χ2v) is 5.15. The summed E-state index contributed by atoms with van der Waals surface area (Å²) in [5, 5.41) is 3.46. The third-order valence-electron chi connectivity index (χ3n) is 3.34. The topological polar surface area (TPSA) is 34.0 Å². The van der Waals surface area contributed by atoms with Gasteiger partial charge in [-0.25, -0.2) is 0 Å². The van der Waals surface area contributed by atoms with Crippen LogP contribution in [0.3, 0.4) is 0 Å². The molecule has 2 rings (SSSR count). The second kappa shape index (κ2) is 5.49. The van der Waals surface area contributed by atoms with Crippen LogP contribution in [0.1, 0.15) is 16.8 Å². The molecule has 4 heteroatoms. The molecule has 1 heterocycles. The molecular weight excluding hydrogens is 260 g/mol. The molecule has 0 aliphatic carbocycles. The molecule has 0 saturated carbocycles. The molecule has 0 fully saturated rings. The zero-order chi connectivity index (χ0) is 14.0. The lowest BCUT2D eigenvalue weighted by Gasteiger charge is -2.08. The minimum absolute atomic E-state index is 0.0552. The van der Waals surface area contributed by atoms with E-state index >= 15 is 0 Å². The summed E-state index contributed by atoms with van der Waals surface area (Å²) >= 11 is 5.88. The second-order valence-electron chi connectivity index (χ2n) is 4.71. The molecule has 0 radical (unpaired) electrons. The first-order valence-corrected chi connectivity index (χ1v) is 6.53. The van der Waals surface area contributed by atoms with E-state index in [9.17, 15) is 4.79 Å². The Balaban J connectivity index is 2.07. The summed E-state index contributed by atoms with van der Waals surface area (Å²) in [5.41, 5.74) is 4.28. The molecule has 19 heavy (non-hydrogen) atoms. The van der Waals surface area contributed by atoms with E-state index in [2.05, 4.69) is 12.2 Å². The van der Waals surface area contributed by atoms with Crippen LogP contribution in [-0.4, -0.2) is 10.5 Å². The highest BCUT2D eigenvalue weighted by Crippen LogP contribution is 2.16. The number of carbonyl (C=O) groups is 1. The van der Waals surface area contributed by atoms with Crippen molar-refractivity contribution in [3.8, 4) is 0 Å². The SMILES string of the molecule is Cc1cn(CC(=O)Nc2cccc(Cl)c2)c(C)c1C. The molecule has 1 aromatic carbocycles. The normalized spacial score (nSPS) is 10.5. The third-order valence-corrected chi connectivity index (χ3v) is 3.57. The number of aryl methyl sites for hydroxylation is 1. The van der Waals surface area contributed by atoms with Crippen molar-refractivity contribution in [3.63, 3.8) is 0 Å². The van der Waals surface area contributed by atoms with E-state index in [4.69, 9.17) is 11.6 Å². The lowest BCUT2D eigenvalue weighted by molar-refractivity contribution is -0.116. The lowest BCUT2D eigenvalue weighted by atomic mass is 10.2. The number of carbonyl (C=O) groups excluding carboxylic acids is 1. The molecule has 3 nitrogen and oxygen atoms in total. The number of anilines is 1. The van der Waals surface area contributed by atoms with Gasteiger partial charge in [-0.1, -0.05) is 17.7 Å². The molecule has 0 unspecified atom stereocenters. The predicted molar refractivity (Wildman–Crippen MR) is 78.7 cm³/mol. The van der Waals surface area contributed by atoms with Crippen LogP contribution in [0.2, 0.25) is 5.02 Å². The van der Waals surface area contributed by atoms with Crippen molar-refractivity contribution in [1.82, 2.24) is 4.57 Å². The fourth-order valence-electron chi connectivity index (χ4n) is 2.01. The van der Waals surface area contributed by atoms with Gasteiger partial charge >= 0.3 is 0 Å². The van der Waals surface area contributed by atoms with Crippen molar-refractivity contribution in [2.24, 2.45) is 0 Å². The number of nitrogens with zero attached hydrogens (tertiary/aromatic N) is 1. The fourth-order valence-corrected chi connectivity index (χ4v) is 2.20. The van der Waals surface area contributed by atoms with Crippen LogP contribution in [0.15, 0.2) is 30.5 Å². The van der Waals surface area contributed by atoms with Crippen molar-refractivity contribution >= 4 is 23.2 Å². The Morgan fingerprint density at radius 3 is 2.63 bits per heavy atom. The summed E-state index contributed by atoms with van der Waals surface area (Å²) in [6.45, 7) is 6.45. The molecule has 2 aromatic rings. The number of benzene rings is 1. The van der Waals surface area contributed by atoms with E-state index in [1.807, 2.05) is 36.7 Å². The molecule has 0 bridgehead atoms. The van der Waals surface area contributed by atoms with Crippen LogP contribution in [0, 0.1) is 20.8 Å². The van der Waals surface area contributed by atoms with Gasteiger partial charge in [-0.2, -0.15) is 0 Å². The van der Waals surface area contributed by atoms with Crippen molar-refractivity contribution in [2.45, 2.75) is 27.3 Å². The van der Waals surface area contributed by atoms with E-state index in [-0.39, 0.29) is 5.91 Å². The van der Waals surface area contributed by atoms with Gasteiger partial charge in [-0.3, -0.25) is 4.79 Å². The molecule has 1 amide bonds. The van der Waals surface area contributed by atoms with E-state index in [1.54, 1.807) is 12.1 Å². The number of amides is 1. The first-order chi connectivity index (χ1) is 8.97. The molecule has 1 N–H and O–H groups in total. The van der Waals surface area contributed by atoms with Gasteiger partial charge in [0.25, 0.3) is 0 Å². The Bertz CT molecular complexity index is 617. The molecule has 1 aromatic heterocycles. The maximum atomic E-state index is 12.0. The number of hydrogen-bond donors (Lipinski definition) is 1. The van der Waals surface area contributed by atoms with E-state index in [0.29, 0.717) is 11.6 Å². The van der Waals surface area contributed by atoms with Crippen molar-refractivity contribution in [3.05, 3.63) is 52.3 Å². The molecule has 0 aliphatic heterocycles. The highest BCUT2D eigenvalue weighted by Gasteiger charge is 2.09. The number of hydrogen-bond acceptors (Lipinski definition) is 1. The summed E-state index contributed by atoms with van der Waals surface area (Å²) in [7, 11) is 0. The van der Waals surface area contributed by atoms with Crippen molar-refractivity contribution in [1.29, 1.82) is 0 Å². The van der Waals surface area contributed by atoms with Crippen LogP contribution < -0.4 is 5.32 Å². The van der Waals surface area contributed by atoms with Crippen molar-refractivity contribution < 1.29 is 4.79 Å². The Kier molecular flexibility index (Phi) is 3.96. The van der Waals surface area contributed by atoms with Gasteiger partial charge in [-0.05, 0) is 50.1 Å². The predicted octanol–water partition coefficient (Wildman–Crippen LogP) is 3.71. The third kappa shape index (κ3) is 3.18. The van der Waals surface area contributed by atoms with Crippen LogP contribution in [-0.2, 0) is 11.3 Å². The van der Waals surface area contributed by atoms with Gasteiger partial charge in [0, 0.05) is 22.6 Å². The van der Waals surface area contributed by atoms with Crippen LogP contribution in [0.5, 0.6) is 0 Å². The zero-order valence-corrected chi connectivity index (χ0v) is 12.1. The Hall–Kier alpha value is -1.74. The van der Waals surface area contributed by atoms with Crippen LogP contribution >= 0.6 is 11.6 Å². The van der Waals surface area contributed by atoms with Crippen molar-refractivity contribution in [2.75, 3.05) is 5.32 Å². The Labute approximate surface area is 118 Å². The van der Waals surface area contributed by atoms with Crippen LogP contribution in [0.4, 0.5) is 5.69 Å². The monoisotopic (exact) mass is 276 g/mol. The Morgan fingerprint density at radius 1 is 1.32 bits per heavy atom. The number of aromatic nitrogens is 1. The summed E-state index contributed by atoms with van der Waals surface area (Å²) in [4.78, 5) is 12.0. The maximum Gasteiger partial charge on any atom is 0.244 e. The zero-order valence-electron chi connectivity index (χ0n) is 11.3. The maximum absolute atomic E-state index is 12.0. The standard InChI is InChI=1S/C15H17ClN2O/c1-10-8-18(12(3)11(10)2)9-15(19)17-14-6-4-5-13(16)7-14/h4-8H,9H2,1-3H3,(H,17,19). The average molecular weight is 277 g/mol. The molecule has 0 aliphatic rings. The van der Waals surface area contributed by atoms with Gasteiger partial charge in [-0.15, -0.1) is 0 Å². The number of nitrogens with one attached hydrogen (secondary N) is 1.